The Bertz CT molecular complexity index is 123. The van der Waals surface area contributed by atoms with Gasteiger partial charge in [0.1, 0.15) is 0 Å². The average Bonchev–Trinajstić information content (AvgIpc) is 2.53. The van der Waals surface area contributed by atoms with Crippen LogP contribution in [-0.4, -0.2) is 12.2 Å². The van der Waals surface area contributed by atoms with E-state index < -0.39 is 0 Å². The SMILES string of the molecule is CCC(C)(C)OCC1CCCC1. The highest BCUT2D eigenvalue weighted by molar-refractivity contribution is 4.70. The van der Waals surface area contributed by atoms with E-state index in [1.807, 2.05) is 0 Å². The van der Waals surface area contributed by atoms with E-state index in [1.165, 1.54) is 25.7 Å². The van der Waals surface area contributed by atoms with E-state index in [-0.39, 0.29) is 5.60 Å². The van der Waals surface area contributed by atoms with Crippen molar-refractivity contribution in [3.8, 4) is 0 Å². The van der Waals surface area contributed by atoms with Gasteiger partial charge in [-0.3, -0.25) is 0 Å². The zero-order valence-corrected chi connectivity index (χ0v) is 8.73. The highest BCUT2D eigenvalue weighted by Crippen LogP contribution is 2.26. The Morgan fingerprint density at radius 3 is 2.33 bits per heavy atom. The predicted molar refractivity (Wildman–Crippen MR) is 52.3 cm³/mol. The van der Waals surface area contributed by atoms with Gasteiger partial charge in [0.25, 0.3) is 0 Å². The second-order valence-corrected chi connectivity index (χ2v) is 4.57. The van der Waals surface area contributed by atoms with Gasteiger partial charge in [0.2, 0.25) is 0 Å². The minimum absolute atomic E-state index is 0.0998. The molecule has 0 aromatic carbocycles. The van der Waals surface area contributed by atoms with E-state index in [0.717, 1.165) is 18.9 Å². The monoisotopic (exact) mass is 170 g/mol. The standard InChI is InChI=1S/C11H22O/c1-4-11(2,3)12-9-10-7-5-6-8-10/h10H,4-9H2,1-3H3. The second kappa shape index (κ2) is 4.27. The molecule has 0 aromatic rings. The highest BCUT2D eigenvalue weighted by atomic mass is 16.5. The molecule has 0 saturated heterocycles. The maximum Gasteiger partial charge on any atom is 0.0624 e. The van der Waals surface area contributed by atoms with Crippen LogP contribution in [-0.2, 0) is 4.74 Å². The van der Waals surface area contributed by atoms with Crippen molar-refractivity contribution in [2.75, 3.05) is 6.61 Å². The lowest BCUT2D eigenvalue weighted by Gasteiger charge is -2.25. The third kappa shape index (κ3) is 3.14. The summed E-state index contributed by atoms with van der Waals surface area (Å²) in [5.74, 6) is 0.857. The molecule has 1 nitrogen and oxygen atoms in total. The van der Waals surface area contributed by atoms with E-state index in [4.69, 9.17) is 4.74 Å². The summed E-state index contributed by atoms with van der Waals surface area (Å²) in [5, 5.41) is 0. The van der Waals surface area contributed by atoms with E-state index in [1.54, 1.807) is 0 Å². The Kier molecular flexibility index (Phi) is 3.57. The molecule has 72 valence electrons. The molecule has 1 aliphatic carbocycles. The molecule has 0 aromatic heterocycles. The molecule has 1 heteroatoms. The summed E-state index contributed by atoms with van der Waals surface area (Å²) in [7, 11) is 0. The van der Waals surface area contributed by atoms with Crippen molar-refractivity contribution in [2.24, 2.45) is 5.92 Å². The predicted octanol–water partition coefficient (Wildman–Crippen LogP) is 3.38. The first-order valence-corrected chi connectivity index (χ1v) is 5.28. The van der Waals surface area contributed by atoms with Crippen molar-refractivity contribution in [1.82, 2.24) is 0 Å². The molecule has 0 aliphatic heterocycles. The van der Waals surface area contributed by atoms with Gasteiger partial charge in [-0.15, -0.1) is 0 Å². The highest BCUT2D eigenvalue weighted by Gasteiger charge is 2.20. The fourth-order valence-electron chi connectivity index (χ4n) is 1.62. The third-order valence-electron chi connectivity index (χ3n) is 3.04. The van der Waals surface area contributed by atoms with Gasteiger partial charge in [-0.2, -0.15) is 0 Å². The van der Waals surface area contributed by atoms with Gasteiger partial charge in [0.15, 0.2) is 0 Å². The zero-order valence-electron chi connectivity index (χ0n) is 8.73. The van der Waals surface area contributed by atoms with Gasteiger partial charge in [-0.1, -0.05) is 19.8 Å². The number of rotatable bonds is 4. The molecule has 0 radical (unpaired) electrons. The van der Waals surface area contributed by atoms with Crippen LogP contribution in [0.15, 0.2) is 0 Å². The zero-order chi connectivity index (χ0) is 9.03. The van der Waals surface area contributed by atoms with Gasteiger partial charge in [-0.25, -0.2) is 0 Å². The second-order valence-electron chi connectivity index (χ2n) is 4.57. The Labute approximate surface area is 76.5 Å². The number of ether oxygens (including phenoxy) is 1. The molecule has 0 bridgehead atoms. The molecule has 1 rings (SSSR count). The molecule has 0 amide bonds. The summed E-state index contributed by atoms with van der Waals surface area (Å²) in [6.07, 6.45) is 6.72. The molecular formula is C11H22O. The first-order valence-electron chi connectivity index (χ1n) is 5.28. The van der Waals surface area contributed by atoms with Crippen molar-refractivity contribution < 1.29 is 4.74 Å². The minimum atomic E-state index is 0.0998. The van der Waals surface area contributed by atoms with E-state index in [0.29, 0.717) is 0 Å². The first-order chi connectivity index (χ1) is 5.64. The average molecular weight is 170 g/mol. The molecule has 12 heavy (non-hydrogen) atoms. The van der Waals surface area contributed by atoms with Crippen LogP contribution in [0, 0.1) is 5.92 Å². The molecule has 1 fully saturated rings. The van der Waals surface area contributed by atoms with Crippen LogP contribution in [0.2, 0.25) is 0 Å². The first kappa shape index (κ1) is 10.0. The molecular weight excluding hydrogens is 148 g/mol. The molecule has 0 heterocycles. The van der Waals surface area contributed by atoms with Crippen LogP contribution in [0.5, 0.6) is 0 Å². The van der Waals surface area contributed by atoms with Crippen molar-refractivity contribution in [3.63, 3.8) is 0 Å². The maximum absolute atomic E-state index is 5.86. The Balaban J connectivity index is 2.15. The Morgan fingerprint density at radius 1 is 1.25 bits per heavy atom. The largest absolute Gasteiger partial charge is 0.375 e. The van der Waals surface area contributed by atoms with E-state index in [9.17, 15) is 0 Å². The van der Waals surface area contributed by atoms with Crippen molar-refractivity contribution >= 4 is 0 Å². The number of hydrogen-bond acceptors (Lipinski definition) is 1. The van der Waals surface area contributed by atoms with Crippen LogP contribution >= 0.6 is 0 Å². The van der Waals surface area contributed by atoms with Gasteiger partial charge < -0.3 is 4.74 Å². The van der Waals surface area contributed by atoms with Crippen LogP contribution in [0.4, 0.5) is 0 Å². The summed E-state index contributed by atoms with van der Waals surface area (Å²) in [4.78, 5) is 0. The maximum atomic E-state index is 5.86. The number of hydrogen-bond donors (Lipinski definition) is 0. The minimum Gasteiger partial charge on any atom is -0.375 e. The quantitative estimate of drug-likeness (QED) is 0.628. The normalized spacial score (nSPS) is 20.2. The molecule has 0 atom stereocenters. The summed E-state index contributed by atoms with van der Waals surface area (Å²) >= 11 is 0. The van der Waals surface area contributed by atoms with Crippen LogP contribution in [0.25, 0.3) is 0 Å². The van der Waals surface area contributed by atoms with Crippen molar-refractivity contribution in [3.05, 3.63) is 0 Å². The smallest absolute Gasteiger partial charge is 0.0624 e. The van der Waals surface area contributed by atoms with E-state index in [2.05, 4.69) is 20.8 Å². The van der Waals surface area contributed by atoms with Gasteiger partial charge in [0.05, 0.1) is 12.2 Å². The fraction of sp³-hybridized carbons (Fsp3) is 1.00. The topological polar surface area (TPSA) is 9.23 Å². The van der Waals surface area contributed by atoms with Crippen LogP contribution in [0.1, 0.15) is 52.9 Å². The van der Waals surface area contributed by atoms with Gasteiger partial charge in [-0.05, 0) is 39.0 Å². The molecule has 0 spiro atoms. The summed E-state index contributed by atoms with van der Waals surface area (Å²) in [6.45, 7) is 7.54. The van der Waals surface area contributed by atoms with Crippen LogP contribution < -0.4 is 0 Å². The fourth-order valence-corrected chi connectivity index (χ4v) is 1.62. The summed E-state index contributed by atoms with van der Waals surface area (Å²) < 4.78 is 5.86. The third-order valence-corrected chi connectivity index (χ3v) is 3.04. The lowest BCUT2D eigenvalue weighted by Crippen LogP contribution is -2.25. The molecule has 1 saturated carbocycles. The lowest BCUT2D eigenvalue weighted by atomic mass is 10.1. The Morgan fingerprint density at radius 2 is 1.83 bits per heavy atom. The van der Waals surface area contributed by atoms with Crippen molar-refractivity contribution in [1.29, 1.82) is 0 Å². The molecule has 1 aliphatic rings. The molecule has 0 N–H and O–H groups in total. The molecule has 0 unspecified atom stereocenters. The Hall–Kier alpha value is -0.0400. The van der Waals surface area contributed by atoms with Gasteiger partial charge >= 0.3 is 0 Å². The van der Waals surface area contributed by atoms with Crippen molar-refractivity contribution in [2.45, 2.75) is 58.5 Å². The summed E-state index contributed by atoms with van der Waals surface area (Å²) in [6, 6.07) is 0. The van der Waals surface area contributed by atoms with Gasteiger partial charge in [0, 0.05) is 0 Å². The lowest BCUT2D eigenvalue weighted by molar-refractivity contribution is -0.0366. The summed E-state index contributed by atoms with van der Waals surface area (Å²) in [5.41, 5.74) is 0.0998. The van der Waals surface area contributed by atoms with Crippen LogP contribution in [0.3, 0.4) is 0 Å². The van der Waals surface area contributed by atoms with E-state index >= 15 is 0 Å².